The SMILES string of the molecule is CCOCCN1CC(CCOCCOCCNCCCCC(C)(C)CC)NN1. The molecular weight excluding hydrogens is 356 g/mol. The third kappa shape index (κ3) is 13.8. The molecule has 1 aliphatic heterocycles. The lowest BCUT2D eigenvalue weighted by Crippen LogP contribution is -2.38. The molecule has 0 spiro atoms. The van der Waals surface area contributed by atoms with Crippen LogP contribution in [0.1, 0.15) is 59.8 Å². The fraction of sp³-hybridized carbons (Fsp3) is 1.00. The van der Waals surface area contributed by atoms with Crippen molar-refractivity contribution in [2.75, 3.05) is 65.8 Å². The van der Waals surface area contributed by atoms with Crippen LogP contribution in [0.25, 0.3) is 0 Å². The number of hydrogen-bond donors (Lipinski definition) is 3. The van der Waals surface area contributed by atoms with Crippen molar-refractivity contribution in [3.05, 3.63) is 0 Å². The van der Waals surface area contributed by atoms with Gasteiger partial charge in [-0.2, -0.15) is 5.53 Å². The number of hydrogen-bond acceptors (Lipinski definition) is 7. The molecule has 0 bridgehead atoms. The van der Waals surface area contributed by atoms with Gasteiger partial charge < -0.3 is 19.5 Å². The van der Waals surface area contributed by atoms with Gasteiger partial charge in [-0.05, 0) is 38.1 Å². The van der Waals surface area contributed by atoms with Gasteiger partial charge in [0.25, 0.3) is 0 Å². The van der Waals surface area contributed by atoms with E-state index in [1.165, 1.54) is 25.7 Å². The molecule has 28 heavy (non-hydrogen) atoms. The number of nitrogens with one attached hydrogen (secondary N) is 3. The number of unbranched alkanes of at least 4 members (excludes halogenated alkanes) is 1. The number of nitrogens with zero attached hydrogens (tertiary/aromatic N) is 1. The summed E-state index contributed by atoms with van der Waals surface area (Å²) in [5.41, 5.74) is 6.97. The third-order valence-corrected chi connectivity index (χ3v) is 5.40. The standard InChI is InChI=1S/C21H46N4O3/c1-5-21(3,4)10-7-8-11-22-12-15-28-18-17-27-14-9-20-19-25(24-23-20)13-16-26-6-2/h20,22-24H,5-19H2,1-4H3. The van der Waals surface area contributed by atoms with Gasteiger partial charge in [0.05, 0.1) is 26.4 Å². The first-order valence-corrected chi connectivity index (χ1v) is 11.3. The summed E-state index contributed by atoms with van der Waals surface area (Å²) >= 11 is 0. The molecule has 7 nitrogen and oxygen atoms in total. The first-order chi connectivity index (χ1) is 13.6. The summed E-state index contributed by atoms with van der Waals surface area (Å²) in [6.45, 7) is 17.3. The third-order valence-electron chi connectivity index (χ3n) is 5.40. The van der Waals surface area contributed by atoms with E-state index in [-0.39, 0.29) is 0 Å². The first kappa shape index (κ1) is 25.8. The van der Waals surface area contributed by atoms with Crippen LogP contribution in [0.15, 0.2) is 0 Å². The average molecular weight is 403 g/mol. The summed E-state index contributed by atoms with van der Waals surface area (Å²) in [6.07, 6.45) is 6.13. The van der Waals surface area contributed by atoms with E-state index >= 15 is 0 Å². The van der Waals surface area contributed by atoms with Gasteiger partial charge in [-0.15, -0.1) is 0 Å². The summed E-state index contributed by atoms with van der Waals surface area (Å²) in [4.78, 5) is 0. The maximum Gasteiger partial charge on any atom is 0.0701 e. The molecule has 0 aromatic heterocycles. The Labute approximate surface area is 173 Å². The Morgan fingerprint density at radius 3 is 2.50 bits per heavy atom. The molecule has 1 unspecified atom stereocenters. The van der Waals surface area contributed by atoms with Crippen molar-refractivity contribution in [1.29, 1.82) is 0 Å². The van der Waals surface area contributed by atoms with Crippen molar-refractivity contribution in [1.82, 2.24) is 21.3 Å². The molecule has 0 amide bonds. The quantitative estimate of drug-likeness (QED) is 0.287. The second-order valence-electron chi connectivity index (χ2n) is 8.33. The van der Waals surface area contributed by atoms with Crippen LogP contribution in [0.2, 0.25) is 0 Å². The Morgan fingerprint density at radius 1 is 0.964 bits per heavy atom. The summed E-state index contributed by atoms with van der Waals surface area (Å²) in [5.74, 6) is 0. The van der Waals surface area contributed by atoms with Gasteiger partial charge in [0, 0.05) is 38.9 Å². The van der Waals surface area contributed by atoms with Crippen molar-refractivity contribution in [2.24, 2.45) is 5.41 Å². The average Bonchev–Trinajstić information content (AvgIpc) is 3.13. The van der Waals surface area contributed by atoms with E-state index in [0.717, 1.165) is 59.0 Å². The normalized spacial score (nSPS) is 18.2. The van der Waals surface area contributed by atoms with Gasteiger partial charge in [-0.25, -0.2) is 10.4 Å². The number of ether oxygens (including phenoxy) is 3. The van der Waals surface area contributed by atoms with Crippen LogP contribution in [0.5, 0.6) is 0 Å². The molecule has 0 radical (unpaired) electrons. The van der Waals surface area contributed by atoms with Crippen LogP contribution >= 0.6 is 0 Å². The van der Waals surface area contributed by atoms with E-state index < -0.39 is 0 Å². The molecule has 0 aliphatic carbocycles. The summed E-state index contributed by atoms with van der Waals surface area (Å²) in [5, 5.41) is 5.61. The number of hydrazine groups is 2. The zero-order chi connectivity index (χ0) is 20.5. The molecule has 0 aromatic carbocycles. The van der Waals surface area contributed by atoms with Crippen LogP contribution in [-0.4, -0.2) is 76.9 Å². The van der Waals surface area contributed by atoms with Crippen LogP contribution < -0.4 is 16.3 Å². The molecule has 1 saturated heterocycles. The van der Waals surface area contributed by atoms with Crippen LogP contribution in [0.4, 0.5) is 0 Å². The van der Waals surface area contributed by atoms with Gasteiger partial charge >= 0.3 is 0 Å². The minimum absolute atomic E-state index is 0.426. The highest BCUT2D eigenvalue weighted by Crippen LogP contribution is 2.26. The van der Waals surface area contributed by atoms with E-state index in [9.17, 15) is 0 Å². The van der Waals surface area contributed by atoms with Crippen molar-refractivity contribution in [3.63, 3.8) is 0 Å². The van der Waals surface area contributed by atoms with E-state index in [1.807, 2.05) is 6.92 Å². The zero-order valence-electron chi connectivity index (χ0n) is 18.9. The summed E-state index contributed by atoms with van der Waals surface area (Å²) in [7, 11) is 0. The van der Waals surface area contributed by atoms with Crippen molar-refractivity contribution < 1.29 is 14.2 Å². The van der Waals surface area contributed by atoms with E-state index in [4.69, 9.17) is 14.2 Å². The van der Waals surface area contributed by atoms with Crippen molar-refractivity contribution in [3.8, 4) is 0 Å². The van der Waals surface area contributed by atoms with Gasteiger partial charge in [0.1, 0.15) is 0 Å². The molecule has 1 rings (SSSR count). The molecule has 1 aliphatic rings. The molecule has 168 valence electrons. The highest BCUT2D eigenvalue weighted by Gasteiger charge is 2.20. The molecule has 1 fully saturated rings. The maximum atomic E-state index is 5.68. The van der Waals surface area contributed by atoms with Crippen molar-refractivity contribution >= 4 is 0 Å². The Bertz CT molecular complexity index is 359. The lowest BCUT2D eigenvalue weighted by molar-refractivity contribution is 0.0459. The van der Waals surface area contributed by atoms with Crippen LogP contribution in [0, 0.1) is 5.41 Å². The maximum absolute atomic E-state index is 5.68. The second-order valence-corrected chi connectivity index (χ2v) is 8.33. The monoisotopic (exact) mass is 402 g/mol. The molecule has 0 saturated carbocycles. The Kier molecular flexibility index (Phi) is 15.2. The smallest absolute Gasteiger partial charge is 0.0701 e. The van der Waals surface area contributed by atoms with E-state index in [1.54, 1.807) is 0 Å². The highest BCUT2D eigenvalue weighted by molar-refractivity contribution is 4.73. The highest BCUT2D eigenvalue weighted by atomic mass is 16.5. The molecule has 7 heteroatoms. The second kappa shape index (κ2) is 16.5. The lowest BCUT2D eigenvalue weighted by Gasteiger charge is -2.22. The van der Waals surface area contributed by atoms with E-state index in [2.05, 4.69) is 42.1 Å². The predicted octanol–water partition coefficient (Wildman–Crippen LogP) is 2.34. The van der Waals surface area contributed by atoms with Crippen molar-refractivity contribution in [2.45, 2.75) is 65.8 Å². The Morgan fingerprint density at radius 2 is 1.75 bits per heavy atom. The minimum atomic E-state index is 0.426. The van der Waals surface area contributed by atoms with E-state index in [0.29, 0.717) is 24.7 Å². The molecule has 3 N–H and O–H groups in total. The zero-order valence-corrected chi connectivity index (χ0v) is 18.9. The fourth-order valence-electron chi connectivity index (χ4n) is 3.02. The molecule has 1 heterocycles. The Hall–Kier alpha value is -0.280. The molecular formula is C21H46N4O3. The molecule has 0 aromatic rings. The first-order valence-electron chi connectivity index (χ1n) is 11.3. The lowest BCUT2D eigenvalue weighted by atomic mass is 9.85. The topological polar surface area (TPSA) is 67.0 Å². The van der Waals surface area contributed by atoms with Gasteiger partial charge in [-0.3, -0.25) is 0 Å². The fourth-order valence-corrected chi connectivity index (χ4v) is 3.02. The largest absolute Gasteiger partial charge is 0.380 e. The number of rotatable bonds is 19. The van der Waals surface area contributed by atoms with Gasteiger partial charge in [0.15, 0.2) is 0 Å². The van der Waals surface area contributed by atoms with Crippen LogP contribution in [-0.2, 0) is 14.2 Å². The van der Waals surface area contributed by atoms with Gasteiger partial charge in [0.2, 0.25) is 0 Å². The molecule has 1 atom stereocenters. The minimum Gasteiger partial charge on any atom is -0.380 e. The predicted molar refractivity (Wildman–Crippen MR) is 115 cm³/mol. The van der Waals surface area contributed by atoms with Gasteiger partial charge in [-0.1, -0.05) is 33.6 Å². The summed E-state index contributed by atoms with van der Waals surface area (Å²) < 4.78 is 16.7. The summed E-state index contributed by atoms with van der Waals surface area (Å²) in [6, 6.07) is 0.426. The van der Waals surface area contributed by atoms with Crippen LogP contribution in [0.3, 0.4) is 0 Å². The Balaban J connectivity index is 1.78.